The van der Waals surface area contributed by atoms with Gasteiger partial charge < -0.3 is 14.5 Å². The van der Waals surface area contributed by atoms with E-state index in [2.05, 4.69) is 5.32 Å². The molecule has 0 aromatic heterocycles. The molecule has 2 rings (SSSR count). The van der Waals surface area contributed by atoms with Gasteiger partial charge in [-0.2, -0.15) is 0 Å². The summed E-state index contributed by atoms with van der Waals surface area (Å²) >= 11 is 0. The van der Waals surface area contributed by atoms with Crippen LogP contribution in [0.1, 0.15) is 11.6 Å². The summed E-state index contributed by atoms with van der Waals surface area (Å²) in [6, 6.07) is 7.28. The number of ether oxygens (including phenoxy) is 1. The number of anilines is 1. The van der Waals surface area contributed by atoms with Crippen molar-refractivity contribution in [3.8, 4) is 0 Å². The Hall–Kier alpha value is -2.08. The Morgan fingerprint density at radius 1 is 1.35 bits per heavy atom. The van der Waals surface area contributed by atoms with E-state index in [-0.39, 0.29) is 17.9 Å². The molecule has 1 aliphatic heterocycles. The predicted molar refractivity (Wildman–Crippen MR) is 78.4 cm³/mol. The predicted octanol–water partition coefficient (Wildman–Crippen LogP) is 1.44. The molecule has 0 bridgehead atoms. The molecule has 1 atom stereocenters. The molecule has 1 aromatic carbocycles. The summed E-state index contributed by atoms with van der Waals surface area (Å²) in [5.74, 6) is 0.212. The van der Waals surface area contributed by atoms with E-state index in [1.54, 1.807) is 12.0 Å². The lowest BCUT2D eigenvalue weighted by Gasteiger charge is -2.23. The maximum absolute atomic E-state index is 11.9. The Bertz CT molecular complexity index is 498. The van der Waals surface area contributed by atoms with Crippen LogP contribution in [0.5, 0.6) is 0 Å². The number of benzene rings is 1. The highest BCUT2D eigenvalue weighted by Gasteiger charge is 2.36. The maximum Gasteiger partial charge on any atom is 0.323 e. The molecule has 2 N–H and O–H groups in total. The average Bonchev–Trinajstić information content (AvgIpc) is 2.70. The lowest BCUT2D eigenvalue weighted by molar-refractivity contribution is 0.151. The highest BCUT2D eigenvalue weighted by Crippen LogP contribution is 2.27. The smallest absolute Gasteiger partial charge is 0.323 e. The van der Waals surface area contributed by atoms with Crippen molar-refractivity contribution in [3.05, 3.63) is 29.8 Å². The Balaban J connectivity index is 2.23. The molecule has 108 valence electrons. The highest BCUT2D eigenvalue weighted by molar-refractivity contribution is 6.06. The van der Waals surface area contributed by atoms with E-state index in [9.17, 15) is 4.79 Å². The summed E-state index contributed by atoms with van der Waals surface area (Å²) in [7, 11) is 5.55. The van der Waals surface area contributed by atoms with E-state index in [4.69, 9.17) is 10.1 Å². The van der Waals surface area contributed by atoms with Gasteiger partial charge in [0.25, 0.3) is 0 Å². The topological polar surface area (TPSA) is 68.7 Å². The molecule has 1 aliphatic rings. The molecule has 0 spiro atoms. The first kappa shape index (κ1) is 14.3. The van der Waals surface area contributed by atoms with Crippen LogP contribution in [-0.2, 0) is 4.74 Å². The number of carbonyl (C=O) groups is 1. The fourth-order valence-corrected chi connectivity index (χ4v) is 2.25. The Kier molecular flexibility index (Phi) is 4.24. The van der Waals surface area contributed by atoms with Gasteiger partial charge in [0, 0.05) is 33.4 Å². The van der Waals surface area contributed by atoms with E-state index in [1.807, 2.05) is 43.3 Å². The number of hydrogen-bond acceptors (Lipinski definition) is 4. The minimum absolute atomic E-state index is 0.212. The zero-order valence-electron chi connectivity index (χ0n) is 12.0. The van der Waals surface area contributed by atoms with Crippen LogP contribution in [0.25, 0.3) is 0 Å². The molecule has 6 heteroatoms. The van der Waals surface area contributed by atoms with Crippen LogP contribution in [0, 0.1) is 5.41 Å². The van der Waals surface area contributed by atoms with E-state index >= 15 is 0 Å². The molecule has 1 unspecified atom stereocenters. The van der Waals surface area contributed by atoms with Gasteiger partial charge >= 0.3 is 6.03 Å². The summed E-state index contributed by atoms with van der Waals surface area (Å²) in [5.41, 5.74) is 2.01. The molecule has 1 aromatic rings. The van der Waals surface area contributed by atoms with Crippen molar-refractivity contribution in [2.45, 2.75) is 6.04 Å². The average molecular weight is 276 g/mol. The third-order valence-corrected chi connectivity index (χ3v) is 3.35. The third-order valence-electron chi connectivity index (χ3n) is 3.35. The van der Waals surface area contributed by atoms with Gasteiger partial charge in [-0.05, 0) is 17.7 Å². The van der Waals surface area contributed by atoms with Gasteiger partial charge in [-0.3, -0.25) is 10.7 Å². The van der Waals surface area contributed by atoms with Crippen LogP contribution in [0.4, 0.5) is 10.5 Å². The number of rotatable bonds is 5. The second-order valence-corrected chi connectivity index (χ2v) is 4.92. The monoisotopic (exact) mass is 276 g/mol. The molecule has 6 nitrogen and oxygen atoms in total. The highest BCUT2D eigenvalue weighted by atomic mass is 16.5. The van der Waals surface area contributed by atoms with Crippen LogP contribution in [0.2, 0.25) is 0 Å². The van der Waals surface area contributed by atoms with Crippen molar-refractivity contribution < 1.29 is 9.53 Å². The van der Waals surface area contributed by atoms with Gasteiger partial charge in [-0.1, -0.05) is 12.1 Å². The van der Waals surface area contributed by atoms with Gasteiger partial charge in [-0.15, -0.1) is 0 Å². The zero-order valence-corrected chi connectivity index (χ0v) is 12.0. The van der Waals surface area contributed by atoms with Gasteiger partial charge in [0.05, 0.1) is 6.61 Å². The Morgan fingerprint density at radius 2 is 2.00 bits per heavy atom. The number of amides is 2. The number of amidine groups is 1. The number of nitrogens with zero attached hydrogens (tertiary/aromatic N) is 2. The summed E-state index contributed by atoms with van der Waals surface area (Å²) in [6.45, 7) is 0.914. The first-order chi connectivity index (χ1) is 9.54. The summed E-state index contributed by atoms with van der Waals surface area (Å²) in [4.78, 5) is 15.5. The lowest BCUT2D eigenvalue weighted by Crippen LogP contribution is -2.32. The van der Waals surface area contributed by atoms with E-state index in [1.165, 1.54) is 0 Å². The van der Waals surface area contributed by atoms with E-state index in [0.29, 0.717) is 13.2 Å². The van der Waals surface area contributed by atoms with Crippen LogP contribution in [-0.4, -0.2) is 51.1 Å². The van der Waals surface area contributed by atoms with Gasteiger partial charge in [0.2, 0.25) is 0 Å². The molecule has 2 amide bonds. The second kappa shape index (κ2) is 5.92. The fraction of sp³-hybridized carbons (Fsp3) is 0.429. The molecular formula is C14H20N4O2. The fourth-order valence-electron chi connectivity index (χ4n) is 2.25. The number of nitrogens with one attached hydrogen (secondary N) is 2. The van der Waals surface area contributed by atoms with Crippen LogP contribution < -0.4 is 10.2 Å². The Morgan fingerprint density at radius 3 is 2.55 bits per heavy atom. The quantitative estimate of drug-likeness (QED) is 0.855. The van der Waals surface area contributed by atoms with Crippen molar-refractivity contribution >= 4 is 17.6 Å². The molecule has 1 fully saturated rings. The largest absolute Gasteiger partial charge is 0.383 e. The van der Waals surface area contributed by atoms with Crippen molar-refractivity contribution in [1.29, 1.82) is 5.41 Å². The van der Waals surface area contributed by atoms with Gasteiger partial charge in [-0.25, -0.2) is 4.79 Å². The summed E-state index contributed by atoms with van der Waals surface area (Å²) in [5, 5.41) is 10.5. The summed E-state index contributed by atoms with van der Waals surface area (Å²) < 4.78 is 5.02. The van der Waals surface area contributed by atoms with Crippen molar-refractivity contribution in [3.63, 3.8) is 0 Å². The molecule has 0 radical (unpaired) electrons. The molecule has 1 heterocycles. The van der Waals surface area contributed by atoms with Crippen LogP contribution >= 0.6 is 0 Å². The molecular weight excluding hydrogens is 256 g/mol. The minimum atomic E-state index is -0.353. The number of carbonyl (C=O) groups excluding carboxylic acids is 1. The van der Waals surface area contributed by atoms with Crippen LogP contribution in [0.15, 0.2) is 24.3 Å². The standard InChI is InChI=1S/C14H20N4O2/c1-17(2)11-6-4-10(5-7-11)12-13(15)16-14(19)18(12)8-9-20-3/h4-7,12H,8-9H2,1-3H3,(H2,15,16,19). The van der Waals surface area contributed by atoms with Crippen LogP contribution in [0.3, 0.4) is 0 Å². The Labute approximate surface area is 118 Å². The zero-order chi connectivity index (χ0) is 14.7. The second-order valence-electron chi connectivity index (χ2n) is 4.92. The normalized spacial score (nSPS) is 18.4. The number of hydrogen-bond donors (Lipinski definition) is 2. The molecule has 1 saturated heterocycles. The molecule has 20 heavy (non-hydrogen) atoms. The lowest BCUT2D eigenvalue weighted by atomic mass is 10.0. The number of methoxy groups -OCH3 is 1. The number of urea groups is 1. The first-order valence-corrected chi connectivity index (χ1v) is 6.47. The van der Waals surface area contributed by atoms with Gasteiger partial charge in [0.1, 0.15) is 11.9 Å². The van der Waals surface area contributed by atoms with Crippen molar-refractivity contribution in [2.24, 2.45) is 0 Å². The van der Waals surface area contributed by atoms with Crippen molar-refractivity contribution in [2.75, 3.05) is 39.3 Å². The van der Waals surface area contributed by atoms with E-state index < -0.39 is 0 Å². The molecule has 0 saturated carbocycles. The first-order valence-electron chi connectivity index (χ1n) is 6.47. The third kappa shape index (κ3) is 2.75. The molecule has 0 aliphatic carbocycles. The maximum atomic E-state index is 11.9. The minimum Gasteiger partial charge on any atom is -0.383 e. The SMILES string of the molecule is COCCN1C(=O)NC(=N)C1c1ccc(N(C)C)cc1. The summed E-state index contributed by atoms with van der Waals surface area (Å²) in [6.07, 6.45) is 0. The van der Waals surface area contributed by atoms with Gasteiger partial charge in [0.15, 0.2) is 0 Å². The van der Waals surface area contributed by atoms with E-state index in [0.717, 1.165) is 11.3 Å². The van der Waals surface area contributed by atoms with Crippen molar-refractivity contribution in [1.82, 2.24) is 10.2 Å².